The Bertz CT molecular complexity index is 763. The highest BCUT2D eigenvalue weighted by Gasteiger charge is 2.25. The third-order valence-electron chi connectivity index (χ3n) is 4.28. The molecule has 0 radical (unpaired) electrons. The predicted molar refractivity (Wildman–Crippen MR) is 107 cm³/mol. The first-order chi connectivity index (χ1) is 13.5. The normalized spacial score (nSPS) is 12.7. The first kappa shape index (κ1) is 21.2. The summed E-state index contributed by atoms with van der Waals surface area (Å²) in [5, 5.41) is 5.30. The van der Waals surface area contributed by atoms with Crippen LogP contribution < -0.4 is 10.6 Å². The van der Waals surface area contributed by atoms with Crippen LogP contribution >= 0.6 is 0 Å². The second kappa shape index (κ2) is 10.9. The maximum Gasteiger partial charge on any atom is 0.408 e. The summed E-state index contributed by atoms with van der Waals surface area (Å²) in [6.45, 7) is 3.79. The van der Waals surface area contributed by atoms with E-state index >= 15 is 0 Å². The van der Waals surface area contributed by atoms with Gasteiger partial charge in [0.1, 0.15) is 18.9 Å². The standard InChI is InChI=1S/C22H26N2O4/c1-16(2)20(14-25)23-21(26)19(13-17-9-5-3-6-10-17)24-22(27)28-15-18-11-7-4-8-12-18/h3-12,14,16,19-20H,13,15H2,1-2H3,(H,23,26)(H,24,27)/t19?,20-/m1/s1. The molecule has 28 heavy (non-hydrogen) atoms. The van der Waals surface area contributed by atoms with Crippen molar-refractivity contribution in [2.75, 3.05) is 0 Å². The molecule has 1 unspecified atom stereocenters. The summed E-state index contributed by atoms with van der Waals surface area (Å²) in [5.41, 5.74) is 1.74. The van der Waals surface area contributed by atoms with Crippen LogP contribution in [0.25, 0.3) is 0 Å². The van der Waals surface area contributed by atoms with Gasteiger partial charge in [-0.25, -0.2) is 4.79 Å². The van der Waals surface area contributed by atoms with Crippen LogP contribution in [0.15, 0.2) is 60.7 Å². The second-order valence-electron chi connectivity index (χ2n) is 6.86. The van der Waals surface area contributed by atoms with Crippen molar-refractivity contribution in [1.82, 2.24) is 10.6 Å². The number of carbonyl (C=O) groups excluding carboxylic acids is 3. The molecule has 2 rings (SSSR count). The van der Waals surface area contributed by atoms with E-state index < -0.39 is 24.1 Å². The van der Waals surface area contributed by atoms with Crippen LogP contribution in [-0.2, 0) is 27.4 Å². The fraction of sp³-hybridized carbons (Fsp3) is 0.318. The van der Waals surface area contributed by atoms with Gasteiger partial charge in [-0.3, -0.25) is 4.79 Å². The van der Waals surface area contributed by atoms with E-state index in [9.17, 15) is 14.4 Å². The number of hydrogen-bond acceptors (Lipinski definition) is 4. The third kappa shape index (κ3) is 6.87. The zero-order valence-electron chi connectivity index (χ0n) is 16.1. The van der Waals surface area contributed by atoms with Gasteiger partial charge in [-0.05, 0) is 17.0 Å². The van der Waals surface area contributed by atoms with Crippen LogP contribution in [0.2, 0.25) is 0 Å². The summed E-state index contributed by atoms with van der Waals surface area (Å²) in [5.74, 6) is -0.477. The van der Waals surface area contributed by atoms with Gasteiger partial charge in [0.2, 0.25) is 5.91 Å². The number of carbonyl (C=O) groups is 3. The maximum atomic E-state index is 12.7. The van der Waals surface area contributed by atoms with E-state index in [1.165, 1.54) is 0 Å². The zero-order chi connectivity index (χ0) is 20.4. The highest BCUT2D eigenvalue weighted by molar-refractivity contribution is 5.87. The van der Waals surface area contributed by atoms with Gasteiger partial charge < -0.3 is 20.2 Å². The Morgan fingerprint density at radius 2 is 1.50 bits per heavy atom. The molecule has 0 aliphatic carbocycles. The summed E-state index contributed by atoms with van der Waals surface area (Å²) < 4.78 is 5.23. The Hall–Kier alpha value is -3.15. The molecule has 148 valence electrons. The molecule has 6 nitrogen and oxygen atoms in total. The molecule has 0 spiro atoms. The minimum absolute atomic E-state index is 0.0520. The molecule has 2 atom stereocenters. The van der Waals surface area contributed by atoms with Crippen LogP contribution in [-0.4, -0.2) is 30.4 Å². The highest BCUT2D eigenvalue weighted by atomic mass is 16.5. The molecule has 2 aromatic rings. The topological polar surface area (TPSA) is 84.5 Å². The molecule has 0 saturated carbocycles. The van der Waals surface area contributed by atoms with Gasteiger partial charge in [0.25, 0.3) is 0 Å². The van der Waals surface area contributed by atoms with Crippen LogP contribution in [0, 0.1) is 5.92 Å². The summed E-state index contributed by atoms with van der Waals surface area (Å²) in [4.78, 5) is 36.1. The molecule has 0 bridgehead atoms. The second-order valence-corrected chi connectivity index (χ2v) is 6.86. The fourth-order valence-electron chi connectivity index (χ4n) is 2.59. The first-order valence-corrected chi connectivity index (χ1v) is 9.26. The maximum absolute atomic E-state index is 12.7. The minimum atomic E-state index is -0.855. The van der Waals surface area contributed by atoms with E-state index in [1.807, 2.05) is 74.5 Å². The van der Waals surface area contributed by atoms with Gasteiger partial charge in [-0.1, -0.05) is 74.5 Å². The van der Waals surface area contributed by atoms with Crippen LogP contribution in [0.1, 0.15) is 25.0 Å². The van der Waals surface area contributed by atoms with Crippen molar-refractivity contribution in [2.45, 2.75) is 39.0 Å². The molecule has 0 aliphatic heterocycles. The molecule has 0 saturated heterocycles. The van der Waals surface area contributed by atoms with Gasteiger partial charge >= 0.3 is 6.09 Å². The minimum Gasteiger partial charge on any atom is -0.445 e. The zero-order valence-corrected chi connectivity index (χ0v) is 16.1. The largest absolute Gasteiger partial charge is 0.445 e. The molecule has 2 aromatic carbocycles. The quantitative estimate of drug-likeness (QED) is 0.653. The number of aldehydes is 1. The molecule has 2 amide bonds. The van der Waals surface area contributed by atoms with E-state index in [2.05, 4.69) is 10.6 Å². The average Bonchev–Trinajstić information content (AvgIpc) is 2.71. The van der Waals surface area contributed by atoms with E-state index in [-0.39, 0.29) is 18.9 Å². The lowest BCUT2D eigenvalue weighted by atomic mass is 10.0. The van der Waals surface area contributed by atoms with E-state index in [4.69, 9.17) is 4.74 Å². The lowest BCUT2D eigenvalue weighted by molar-refractivity contribution is -0.126. The van der Waals surface area contributed by atoms with E-state index in [0.29, 0.717) is 6.29 Å². The average molecular weight is 382 g/mol. The number of rotatable bonds is 9. The van der Waals surface area contributed by atoms with Crippen molar-refractivity contribution in [1.29, 1.82) is 0 Å². The van der Waals surface area contributed by atoms with Crippen molar-refractivity contribution >= 4 is 18.3 Å². The molecule has 0 aliphatic rings. The first-order valence-electron chi connectivity index (χ1n) is 9.26. The van der Waals surface area contributed by atoms with E-state index in [0.717, 1.165) is 11.1 Å². The van der Waals surface area contributed by atoms with Crippen molar-refractivity contribution in [3.05, 3.63) is 71.8 Å². The monoisotopic (exact) mass is 382 g/mol. The predicted octanol–water partition coefficient (Wildman–Crippen LogP) is 2.86. The Labute approximate surface area is 165 Å². The smallest absolute Gasteiger partial charge is 0.408 e. The number of benzene rings is 2. The number of nitrogens with one attached hydrogen (secondary N) is 2. The van der Waals surface area contributed by atoms with Crippen molar-refractivity contribution in [3.8, 4) is 0 Å². The number of hydrogen-bond donors (Lipinski definition) is 2. The summed E-state index contributed by atoms with van der Waals surface area (Å²) in [6.07, 6.45) is 0.305. The summed E-state index contributed by atoms with van der Waals surface area (Å²) in [6, 6.07) is 17.1. The Morgan fingerprint density at radius 3 is 2.04 bits per heavy atom. The van der Waals surface area contributed by atoms with Gasteiger partial charge in [0.15, 0.2) is 0 Å². The summed E-state index contributed by atoms with van der Waals surface area (Å²) in [7, 11) is 0. The molecular weight excluding hydrogens is 356 g/mol. The lowest BCUT2D eigenvalue weighted by Crippen LogP contribution is -2.52. The van der Waals surface area contributed by atoms with Crippen LogP contribution in [0.5, 0.6) is 0 Å². The Morgan fingerprint density at radius 1 is 0.929 bits per heavy atom. The molecule has 0 heterocycles. The highest BCUT2D eigenvalue weighted by Crippen LogP contribution is 2.07. The van der Waals surface area contributed by atoms with Gasteiger partial charge in [0, 0.05) is 6.42 Å². The van der Waals surface area contributed by atoms with Crippen molar-refractivity contribution in [2.24, 2.45) is 5.92 Å². The van der Waals surface area contributed by atoms with Crippen molar-refractivity contribution < 1.29 is 19.1 Å². The number of alkyl carbamates (subject to hydrolysis) is 1. The SMILES string of the molecule is CC(C)[C@@H](C=O)NC(=O)C(Cc1ccccc1)NC(=O)OCc1ccccc1. The fourth-order valence-corrected chi connectivity index (χ4v) is 2.59. The molecule has 0 fully saturated rings. The lowest BCUT2D eigenvalue weighted by Gasteiger charge is -2.22. The molecular formula is C22H26N2O4. The Balaban J connectivity index is 2.03. The third-order valence-corrected chi connectivity index (χ3v) is 4.28. The number of amides is 2. The van der Waals surface area contributed by atoms with Gasteiger partial charge in [-0.15, -0.1) is 0 Å². The van der Waals surface area contributed by atoms with Crippen molar-refractivity contribution in [3.63, 3.8) is 0 Å². The van der Waals surface area contributed by atoms with Gasteiger partial charge in [0.05, 0.1) is 6.04 Å². The van der Waals surface area contributed by atoms with Crippen LogP contribution in [0.3, 0.4) is 0 Å². The Kier molecular flexibility index (Phi) is 8.21. The van der Waals surface area contributed by atoms with E-state index in [1.54, 1.807) is 0 Å². The summed E-state index contributed by atoms with van der Waals surface area (Å²) >= 11 is 0. The molecule has 2 N–H and O–H groups in total. The van der Waals surface area contributed by atoms with Gasteiger partial charge in [-0.2, -0.15) is 0 Å². The van der Waals surface area contributed by atoms with Crippen LogP contribution in [0.4, 0.5) is 4.79 Å². The number of ether oxygens (including phenoxy) is 1. The molecule has 0 aromatic heterocycles. The molecule has 6 heteroatoms.